The fourth-order valence-electron chi connectivity index (χ4n) is 2.83. The molecule has 0 bridgehead atoms. The third-order valence-corrected chi connectivity index (χ3v) is 5.56. The van der Waals surface area contributed by atoms with Crippen LogP contribution in [0.5, 0.6) is 5.75 Å². The molecule has 0 radical (unpaired) electrons. The van der Waals surface area contributed by atoms with Gasteiger partial charge in [-0.25, -0.2) is 4.68 Å². The molecule has 0 aliphatic rings. The van der Waals surface area contributed by atoms with Crippen molar-refractivity contribution < 1.29 is 9.53 Å². The third-order valence-electron chi connectivity index (χ3n) is 4.36. The molecule has 0 fully saturated rings. The van der Waals surface area contributed by atoms with Crippen molar-refractivity contribution >= 4 is 50.9 Å². The zero-order valence-corrected chi connectivity index (χ0v) is 19.1. The van der Waals surface area contributed by atoms with Crippen LogP contribution in [0.3, 0.4) is 0 Å². The maximum atomic E-state index is 12.8. The van der Waals surface area contributed by atoms with Gasteiger partial charge >= 0.3 is 0 Å². The van der Waals surface area contributed by atoms with Crippen molar-refractivity contribution in [1.29, 1.82) is 0 Å². The Balaban J connectivity index is 1.43. The van der Waals surface area contributed by atoms with Crippen LogP contribution >= 0.6 is 39.1 Å². The molecule has 31 heavy (non-hydrogen) atoms. The molecule has 0 unspecified atom stereocenters. The van der Waals surface area contributed by atoms with E-state index in [9.17, 15) is 4.79 Å². The van der Waals surface area contributed by atoms with E-state index in [0.717, 1.165) is 5.56 Å². The number of ether oxygens (including phenoxy) is 1. The second-order valence-electron chi connectivity index (χ2n) is 6.51. The SMILES string of the molecule is O=C(Nc1nn(Cc2ccccc2Cl)cc1Br)c1ccnn1COc1ccc(Cl)cc1. The minimum absolute atomic E-state index is 0.0690. The lowest BCUT2D eigenvalue weighted by molar-refractivity contribution is 0.100. The van der Waals surface area contributed by atoms with Gasteiger partial charge < -0.3 is 10.1 Å². The molecule has 4 aromatic rings. The van der Waals surface area contributed by atoms with Crippen LogP contribution in [0.2, 0.25) is 10.0 Å². The Morgan fingerprint density at radius 3 is 2.65 bits per heavy atom. The normalized spacial score (nSPS) is 10.8. The molecule has 0 saturated carbocycles. The Kier molecular flexibility index (Phi) is 6.60. The minimum atomic E-state index is -0.360. The summed E-state index contributed by atoms with van der Waals surface area (Å²) in [6, 6.07) is 16.1. The van der Waals surface area contributed by atoms with E-state index in [0.29, 0.717) is 38.3 Å². The van der Waals surface area contributed by atoms with E-state index in [2.05, 4.69) is 31.4 Å². The average Bonchev–Trinajstić information content (AvgIpc) is 3.36. The van der Waals surface area contributed by atoms with Crippen molar-refractivity contribution in [2.24, 2.45) is 0 Å². The highest BCUT2D eigenvalue weighted by molar-refractivity contribution is 9.10. The van der Waals surface area contributed by atoms with Gasteiger partial charge in [-0.1, -0.05) is 41.4 Å². The van der Waals surface area contributed by atoms with Crippen molar-refractivity contribution in [2.45, 2.75) is 13.3 Å². The van der Waals surface area contributed by atoms with Crippen LogP contribution in [-0.4, -0.2) is 25.5 Å². The van der Waals surface area contributed by atoms with Crippen molar-refractivity contribution in [1.82, 2.24) is 19.6 Å². The third kappa shape index (κ3) is 5.28. The van der Waals surface area contributed by atoms with Gasteiger partial charge in [-0.05, 0) is 57.9 Å². The van der Waals surface area contributed by atoms with E-state index in [1.165, 1.54) is 10.9 Å². The molecule has 0 atom stereocenters. The summed E-state index contributed by atoms with van der Waals surface area (Å²) in [7, 11) is 0. The number of halogens is 3. The maximum absolute atomic E-state index is 12.8. The smallest absolute Gasteiger partial charge is 0.275 e. The number of amides is 1. The number of hydrogen-bond acceptors (Lipinski definition) is 4. The highest BCUT2D eigenvalue weighted by Crippen LogP contribution is 2.23. The zero-order valence-electron chi connectivity index (χ0n) is 16.0. The van der Waals surface area contributed by atoms with Crippen molar-refractivity contribution in [3.8, 4) is 5.75 Å². The predicted octanol–water partition coefficient (Wildman–Crippen LogP) is 5.49. The van der Waals surface area contributed by atoms with E-state index in [-0.39, 0.29) is 12.6 Å². The van der Waals surface area contributed by atoms with Gasteiger partial charge in [-0.3, -0.25) is 9.48 Å². The standard InChI is InChI=1S/C21H16BrCl2N5O2/c22-17-12-28(11-14-3-1-2-4-18(14)24)27-20(17)26-21(30)19-9-10-25-29(19)13-31-16-7-5-15(23)6-8-16/h1-10,12H,11,13H2,(H,26,27,30). The number of nitrogens with zero attached hydrogens (tertiary/aromatic N) is 4. The van der Waals surface area contributed by atoms with Crippen LogP contribution in [-0.2, 0) is 13.3 Å². The van der Waals surface area contributed by atoms with E-state index in [1.807, 2.05) is 24.3 Å². The first kappa shape index (κ1) is 21.4. The zero-order chi connectivity index (χ0) is 21.8. The van der Waals surface area contributed by atoms with Gasteiger partial charge in [-0.2, -0.15) is 10.2 Å². The second-order valence-corrected chi connectivity index (χ2v) is 8.21. The van der Waals surface area contributed by atoms with E-state index < -0.39 is 0 Å². The van der Waals surface area contributed by atoms with Crippen molar-refractivity contribution in [3.05, 3.63) is 92.8 Å². The van der Waals surface area contributed by atoms with Crippen LogP contribution in [0.25, 0.3) is 0 Å². The first-order chi connectivity index (χ1) is 15.0. The summed E-state index contributed by atoms with van der Waals surface area (Å²) in [5, 5.41) is 12.7. The largest absolute Gasteiger partial charge is 0.471 e. The first-order valence-electron chi connectivity index (χ1n) is 9.17. The van der Waals surface area contributed by atoms with Crippen LogP contribution in [0.4, 0.5) is 5.82 Å². The summed E-state index contributed by atoms with van der Waals surface area (Å²) in [4.78, 5) is 12.8. The first-order valence-corrected chi connectivity index (χ1v) is 10.7. The Morgan fingerprint density at radius 1 is 1.10 bits per heavy atom. The highest BCUT2D eigenvalue weighted by atomic mass is 79.9. The highest BCUT2D eigenvalue weighted by Gasteiger charge is 2.16. The number of hydrogen-bond donors (Lipinski definition) is 1. The molecule has 0 aliphatic heterocycles. The molecule has 1 N–H and O–H groups in total. The van der Waals surface area contributed by atoms with Gasteiger partial charge in [0.05, 0.1) is 11.0 Å². The molecule has 4 rings (SSSR count). The van der Waals surface area contributed by atoms with Gasteiger partial charge in [-0.15, -0.1) is 0 Å². The molecule has 10 heteroatoms. The lowest BCUT2D eigenvalue weighted by Crippen LogP contribution is -2.20. The molecule has 0 saturated heterocycles. The number of anilines is 1. The van der Waals surface area contributed by atoms with E-state index in [4.69, 9.17) is 27.9 Å². The number of aromatic nitrogens is 4. The molecule has 2 aromatic heterocycles. The topological polar surface area (TPSA) is 74.0 Å². The lowest BCUT2D eigenvalue weighted by Gasteiger charge is -2.09. The number of benzene rings is 2. The van der Waals surface area contributed by atoms with E-state index >= 15 is 0 Å². The summed E-state index contributed by atoms with van der Waals surface area (Å²) in [5.74, 6) is 0.650. The van der Waals surface area contributed by atoms with Gasteiger partial charge in [0, 0.05) is 22.4 Å². The molecule has 0 spiro atoms. The Morgan fingerprint density at radius 2 is 1.87 bits per heavy atom. The van der Waals surface area contributed by atoms with Gasteiger partial charge in [0.15, 0.2) is 12.5 Å². The summed E-state index contributed by atoms with van der Waals surface area (Å²) in [5.41, 5.74) is 1.26. The quantitative estimate of drug-likeness (QED) is 0.350. The monoisotopic (exact) mass is 519 g/mol. The summed E-state index contributed by atoms with van der Waals surface area (Å²) in [6.07, 6.45) is 3.31. The molecule has 2 aromatic carbocycles. The van der Waals surface area contributed by atoms with Crippen molar-refractivity contribution in [3.63, 3.8) is 0 Å². The Labute approximate surface area is 196 Å². The lowest BCUT2D eigenvalue weighted by atomic mass is 10.2. The molecular formula is C21H16BrCl2N5O2. The minimum Gasteiger partial charge on any atom is -0.471 e. The average molecular weight is 521 g/mol. The maximum Gasteiger partial charge on any atom is 0.275 e. The van der Waals surface area contributed by atoms with Crippen LogP contribution in [0, 0.1) is 0 Å². The van der Waals surface area contributed by atoms with Crippen LogP contribution < -0.4 is 10.1 Å². The number of nitrogens with one attached hydrogen (secondary N) is 1. The Bertz CT molecular complexity index is 1210. The predicted molar refractivity (Wildman–Crippen MR) is 123 cm³/mol. The van der Waals surface area contributed by atoms with Gasteiger partial charge in [0.2, 0.25) is 0 Å². The molecule has 158 valence electrons. The van der Waals surface area contributed by atoms with Gasteiger partial charge in [0.25, 0.3) is 5.91 Å². The number of carbonyl (C=O) groups excluding carboxylic acids is 1. The second kappa shape index (κ2) is 9.55. The number of rotatable bonds is 7. The van der Waals surface area contributed by atoms with Crippen molar-refractivity contribution in [2.75, 3.05) is 5.32 Å². The molecule has 1 amide bonds. The van der Waals surface area contributed by atoms with Gasteiger partial charge in [0.1, 0.15) is 11.4 Å². The molecule has 0 aliphatic carbocycles. The fraction of sp³-hybridized carbons (Fsp3) is 0.0952. The van der Waals surface area contributed by atoms with Crippen LogP contribution in [0.15, 0.2) is 71.5 Å². The molecule has 2 heterocycles. The molecule has 7 nitrogen and oxygen atoms in total. The molecular weight excluding hydrogens is 505 g/mol. The van der Waals surface area contributed by atoms with E-state index in [1.54, 1.807) is 41.2 Å². The summed E-state index contributed by atoms with van der Waals surface area (Å²) < 4.78 is 9.47. The number of carbonyl (C=O) groups is 1. The van der Waals surface area contributed by atoms with Crippen LogP contribution in [0.1, 0.15) is 16.1 Å². The summed E-state index contributed by atoms with van der Waals surface area (Å²) >= 11 is 15.5. The summed E-state index contributed by atoms with van der Waals surface area (Å²) in [6.45, 7) is 0.542. The Hall–Kier alpha value is -2.81. The fourth-order valence-corrected chi connectivity index (χ4v) is 3.57.